The average Bonchev–Trinajstić information content (AvgIpc) is 1.99. The molecule has 0 aliphatic heterocycles. The molecule has 0 bridgehead atoms. The predicted octanol–water partition coefficient (Wildman–Crippen LogP) is 2.24. The number of hydrogen-bond acceptors (Lipinski definition) is 4. The fourth-order valence-electron chi connectivity index (χ4n) is 0.726. The maximum Gasteiger partial charge on any atom is 0.388 e. The quantitative estimate of drug-likeness (QED) is 0.585. The highest BCUT2D eigenvalue weighted by molar-refractivity contribution is 6.32. The number of nitrogens with zero attached hydrogens (tertiary/aromatic N) is 2. The molecule has 0 N–H and O–H groups in total. The van der Waals surface area contributed by atoms with Gasteiger partial charge in [-0.25, -0.2) is 4.98 Å². The van der Waals surface area contributed by atoms with E-state index in [1.807, 2.05) is 0 Å². The molecule has 0 radical (unpaired) electrons. The van der Waals surface area contributed by atoms with E-state index < -0.39 is 28.1 Å². The fourth-order valence-corrected chi connectivity index (χ4v) is 0.932. The van der Waals surface area contributed by atoms with Crippen LogP contribution in [0.25, 0.3) is 0 Å². The van der Waals surface area contributed by atoms with E-state index in [-0.39, 0.29) is 0 Å². The first-order chi connectivity index (χ1) is 6.81. The first-order valence-electron chi connectivity index (χ1n) is 3.67. The van der Waals surface area contributed by atoms with E-state index in [1.165, 1.54) is 0 Å². The molecule has 0 saturated carbocycles. The summed E-state index contributed by atoms with van der Waals surface area (Å²) >= 11 is 5.39. The molecule has 0 aromatic carbocycles. The van der Waals surface area contributed by atoms with Crippen molar-refractivity contribution >= 4 is 17.3 Å². The monoisotopic (exact) mass is 225 g/mol. The van der Waals surface area contributed by atoms with Gasteiger partial charge in [-0.1, -0.05) is 11.6 Å². The van der Waals surface area contributed by atoms with Gasteiger partial charge in [0.15, 0.2) is 1.37 Å². The zero-order valence-electron chi connectivity index (χ0n) is 7.41. The van der Waals surface area contributed by atoms with Crippen molar-refractivity contribution < 1.29 is 19.8 Å². The van der Waals surface area contributed by atoms with Crippen LogP contribution < -0.4 is 4.74 Å². The van der Waals surface area contributed by atoms with Gasteiger partial charge in [-0.2, -0.15) is 8.78 Å². The standard InChI is InChI=1S/C6H3ClF2N2O3/c7-3-1-2-10-5(14-6(8)9)4(3)11(12)13/h1-2,6H/i6D. The number of ether oxygens (including phenoxy) is 1. The van der Waals surface area contributed by atoms with Crippen LogP contribution >= 0.6 is 11.6 Å². The molecule has 1 aromatic rings. The minimum Gasteiger partial charge on any atom is -0.411 e. The molecule has 0 unspecified atom stereocenters. The highest BCUT2D eigenvalue weighted by atomic mass is 35.5. The smallest absolute Gasteiger partial charge is 0.388 e. The number of nitro groups is 1. The largest absolute Gasteiger partial charge is 0.411 e. The first kappa shape index (κ1) is 9.07. The number of halogens is 3. The van der Waals surface area contributed by atoms with Gasteiger partial charge < -0.3 is 4.74 Å². The number of alkyl halides is 2. The van der Waals surface area contributed by atoms with Gasteiger partial charge in [0.1, 0.15) is 5.02 Å². The maximum absolute atomic E-state index is 12.1. The molecular formula is C6H3ClF2N2O3. The van der Waals surface area contributed by atoms with Gasteiger partial charge in [0.25, 0.3) is 5.88 Å². The molecular weight excluding hydrogens is 222 g/mol. The van der Waals surface area contributed by atoms with E-state index >= 15 is 0 Å². The molecule has 0 spiro atoms. The van der Waals surface area contributed by atoms with Crippen molar-refractivity contribution in [2.24, 2.45) is 0 Å². The third-order valence-corrected chi connectivity index (χ3v) is 1.50. The molecule has 0 saturated heterocycles. The molecule has 0 amide bonds. The predicted molar refractivity (Wildman–Crippen MR) is 42.5 cm³/mol. The lowest BCUT2D eigenvalue weighted by atomic mass is 10.4. The van der Waals surface area contributed by atoms with Gasteiger partial charge in [0.05, 0.1) is 4.92 Å². The van der Waals surface area contributed by atoms with Gasteiger partial charge in [0, 0.05) is 6.20 Å². The van der Waals surface area contributed by atoms with Crippen LogP contribution in [0.3, 0.4) is 0 Å². The number of rotatable bonds is 3. The molecule has 8 heteroatoms. The second-order valence-corrected chi connectivity index (χ2v) is 2.44. The molecule has 76 valence electrons. The van der Waals surface area contributed by atoms with Crippen LogP contribution in [-0.2, 0) is 0 Å². The third kappa shape index (κ3) is 2.25. The van der Waals surface area contributed by atoms with Crippen LogP contribution in [0, 0.1) is 10.1 Å². The molecule has 0 atom stereocenters. The summed E-state index contributed by atoms with van der Waals surface area (Å²) in [6.07, 6.45) is 0.955. The van der Waals surface area contributed by atoms with Gasteiger partial charge in [-0.3, -0.25) is 10.1 Å². The molecule has 0 aliphatic carbocycles. The first-order valence-corrected chi connectivity index (χ1v) is 3.55. The molecule has 1 aromatic heterocycles. The van der Waals surface area contributed by atoms with E-state index in [9.17, 15) is 18.9 Å². The van der Waals surface area contributed by atoms with E-state index in [0.717, 1.165) is 12.3 Å². The van der Waals surface area contributed by atoms with E-state index in [0.29, 0.717) is 0 Å². The summed E-state index contributed by atoms with van der Waals surface area (Å²) in [6, 6.07) is 1.05. The average molecular weight is 226 g/mol. The molecule has 1 rings (SSSR count). The van der Waals surface area contributed by atoms with Crippen LogP contribution in [-0.4, -0.2) is 16.5 Å². The third-order valence-electron chi connectivity index (χ3n) is 1.20. The molecule has 14 heavy (non-hydrogen) atoms. The second kappa shape index (κ2) is 4.14. The number of pyridine rings is 1. The van der Waals surface area contributed by atoms with E-state index in [2.05, 4.69) is 9.72 Å². The molecule has 5 nitrogen and oxygen atoms in total. The van der Waals surface area contributed by atoms with Crippen LogP contribution in [0.15, 0.2) is 12.3 Å². The van der Waals surface area contributed by atoms with Crippen molar-refractivity contribution in [2.75, 3.05) is 0 Å². The van der Waals surface area contributed by atoms with Crippen LogP contribution in [0.4, 0.5) is 14.5 Å². The second-order valence-electron chi connectivity index (χ2n) is 2.03. The lowest BCUT2D eigenvalue weighted by molar-refractivity contribution is -0.386. The van der Waals surface area contributed by atoms with Crippen molar-refractivity contribution in [3.8, 4) is 5.88 Å². The number of hydrogen-bond donors (Lipinski definition) is 0. The van der Waals surface area contributed by atoms with Gasteiger partial charge in [-0.05, 0) is 6.07 Å². The summed E-state index contributed by atoms with van der Waals surface area (Å²) in [4.78, 5) is 12.6. The van der Waals surface area contributed by atoms with Crippen molar-refractivity contribution in [2.45, 2.75) is 6.59 Å². The SMILES string of the molecule is [2H]C(F)(F)Oc1nccc(Cl)c1[N+](=O)[O-]. The number of aromatic nitrogens is 1. The van der Waals surface area contributed by atoms with Gasteiger partial charge in [-0.15, -0.1) is 0 Å². The van der Waals surface area contributed by atoms with Crippen molar-refractivity contribution in [1.29, 1.82) is 0 Å². The lowest BCUT2D eigenvalue weighted by Crippen LogP contribution is -2.06. The Morgan fingerprint density at radius 1 is 1.79 bits per heavy atom. The zero-order chi connectivity index (χ0) is 11.6. The molecule has 1 heterocycles. The summed E-state index contributed by atoms with van der Waals surface area (Å²) < 4.78 is 34.0. The maximum atomic E-state index is 12.1. The summed E-state index contributed by atoms with van der Waals surface area (Å²) in [5.74, 6) is -0.993. The molecule has 0 aliphatic rings. The van der Waals surface area contributed by atoms with Crippen molar-refractivity contribution in [3.05, 3.63) is 27.4 Å². The Hall–Kier alpha value is -1.50. The van der Waals surface area contributed by atoms with Crippen molar-refractivity contribution in [3.63, 3.8) is 0 Å². The zero-order valence-corrected chi connectivity index (χ0v) is 7.16. The van der Waals surface area contributed by atoms with E-state index in [1.54, 1.807) is 0 Å². The highest BCUT2D eigenvalue weighted by Gasteiger charge is 2.23. The Bertz CT molecular complexity index is 398. The summed E-state index contributed by atoms with van der Waals surface area (Å²) in [5, 5.41) is 10.0. The van der Waals surface area contributed by atoms with Crippen LogP contribution in [0.5, 0.6) is 5.88 Å². The minimum atomic E-state index is -4.30. The van der Waals surface area contributed by atoms with Gasteiger partial charge >= 0.3 is 12.3 Å². The fraction of sp³-hybridized carbons (Fsp3) is 0.167. The molecule has 0 fully saturated rings. The Kier molecular flexibility index (Phi) is 2.68. The Morgan fingerprint density at radius 3 is 2.93 bits per heavy atom. The van der Waals surface area contributed by atoms with E-state index in [4.69, 9.17) is 13.0 Å². The normalized spacial score (nSPS) is 12.1. The van der Waals surface area contributed by atoms with Crippen LogP contribution in [0.1, 0.15) is 1.37 Å². The van der Waals surface area contributed by atoms with Gasteiger partial charge in [0.2, 0.25) is 0 Å². The Morgan fingerprint density at radius 2 is 2.43 bits per heavy atom. The topological polar surface area (TPSA) is 65.3 Å². The summed E-state index contributed by atoms with van der Waals surface area (Å²) in [5.41, 5.74) is -0.897. The minimum absolute atomic E-state index is 0.394. The summed E-state index contributed by atoms with van der Waals surface area (Å²) in [6.45, 7) is -4.30. The van der Waals surface area contributed by atoms with Crippen molar-refractivity contribution in [1.82, 2.24) is 4.98 Å². The summed E-state index contributed by atoms with van der Waals surface area (Å²) in [7, 11) is 0. The Balaban J connectivity index is 3.18. The lowest BCUT2D eigenvalue weighted by Gasteiger charge is -2.03. The Labute approximate surface area is 82.8 Å². The highest BCUT2D eigenvalue weighted by Crippen LogP contribution is 2.32. The van der Waals surface area contributed by atoms with Crippen LogP contribution in [0.2, 0.25) is 5.02 Å².